The van der Waals surface area contributed by atoms with E-state index in [9.17, 15) is 9.59 Å². The Balaban J connectivity index is 1.69. The molecule has 0 bridgehead atoms. The molecule has 1 saturated heterocycles. The smallest absolute Gasteiger partial charge is 0.159 e. The number of hydrogen-bond donors (Lipinski definition) is 0. The normalized spacial score (nSPS) is 17.4. The van der Waals surface area contributed by atoms with Gasteiger partial charge >= 0.3 is 0 Å². The lowest BCUT2D eigenvalue weighted by Crippen LogP contribution is -2.50. The molecule has 0 spiro atoms. The highest BCUT2D eigenvalue weighted by atomic mass is 16.5. The summed E-state index contributed by atoms with van der Waals surface area (Å²) in [5.41, 5.74) is 3.48. The molecule has 1 atom stereocenters. The number of nitrogens with zero attached hydrogens (tertiary/aromatic N) is 2. The topological polar surface area (TPSA) is 59.1 Å². The molecule has 0 unspecified atom stereocenters. The van der Waals surface area contributed by atoms with Gasteiger partial charge in [-0.2, -0.15) is 0 Å². The van der Waals surface area contributed by atoms with Crippen LogP contribution in [0.3, 0.4) is 0 Å². The predicted octanol–water partition coefficient (Wildman–Crippen LogP) is 3.82. The molecule has 1 aliphatic rings. The van der Waals surface area contributed by atoms with Gasteiger partial charge in [0.1, 0.15) is 11.5 Å². The van der Waals surface area contributed by atoms with Gasteiger partial charge in [-0.3, -0.25) is 19.4 Å². The van der Waals surface area contributed by atoms with E-state index in [4.69, 9.17) is 9.47 Å². The van der Waals surface area contributed by atoms with Crippen LogP contribution in [0.1, 0.15) is 52.6 Å². The molecule has 0 aliphatic carbocycles. The summed E-state index contributed by atoms with van der Waals surface area (Å²) in [6.07, 6.45) is 0. The summed E-state index contributed by atoms with van der Waals surface area (Å²) in [4.78, 5) is 28.4. The van der Waals surface area contributed by atoms with Gasteiger partial charge < -0.3 is 9.47 Å². The quantitative estimate of drug-likeness (QED) is 0.601. The van der Waals surface area contributed by atoms with Crippen LogP contribution in [0, 0.1) is 0 Å². The highest BCUT2D eigenvalue weighted by Crippen LogP contribution is 2.26. The van der Waals surface area contributed by atoms with Crippen molar-refractivity contribution in [3.63, 3.8) is 0 Å². The molecule has 0 amide bonds. The molecule has 1 aliphatic heterocycles. The van der Waals surface area contributed by atoms with Gasteiger partial charge in [-0.15, -0.1) is 0 Å². The second kappa shape index (κ2) is 10.1. The van der Waals surface area contributed by atoms with Gasteiger partial charge in [0.05, 0.1) is 14.2 Å². The van der Waals surface area contributed by atoms with E-state index in [1.807, 2.05) is 36.4 Å². The Morgan fingerprint density at radius 3 is 1.84 bits per heavy atom. The van der Waals surface area contributed by atoms with Crippen LogP contribution < -0.4 is 9.47 Å². The van der Waals surface area contributed by atoms with E-state index in [1.54, 1.807) is 28.1 Å². The van der Waals surface area contributed by atoms with Crippen LogP contribution in [-0.4, -0.2) is 61.3 Å². The molecule has 0 aromatic heterocycles. The number of carbonyl (C=O) groups is 2. The van der Waals surface area contributed by atoms with Crippen molar-refractivity contribution in [1.29, 1.82) is 0 Å². The largest absolute Gasteiger partial charge is 0.496 e. The van der Waals surface area contributed by atoms with Crippen LogP contribution in [-0.2, 0) is 13.1 Å². The number of ketones is 2. The van der Waals surface area contributed by atoms with Crippen LogP contribution in [0.2, 0.25) is 0 Å². The number of piperazine rings is 1. The minimum absolute atomic E-state index is 0.0588. The van der Waals surface area contributed by atoms with Gasteiger partial charge in [-0.25, -0.2) is 0 Å². The maximum Gasteiger partial charge on any atom is 0.159 e. The lowest BCUT2D eigenvalue weighted by atomic mass is 10.0. The highest BCUT2D eigenvalue weighted by molar-refractivity contribution is 5.94. The van der Waals surface area contributed by atoms with Crippen molar-refractivity contribution in [3.05, 3.63) is 58.7 Å². The molecule has 2 aromatic carbocycles. The van der Waals surface area contributed by atoms with Crippen molar-refractivity contribution in [2.45, 2.75) is 39.9 Å². The number of hydrogen-bond acceptors (Lipinski definition) is 6. The van der Waals surface area contributed by atoms with Crippen LogP contribution in [0.4, 0.5) is 0 Å². The predicted molar refractivity (Wildman–Crippen MR) is 121 cm³/mol. The van der Waals surface area contributed by atoms with Crippen molar-refractivity contribution in [2.24, 2.45) is 0 Å². The molecule has 3 rings (SSSR count). The lowest BCUT2D eigenvalue weighted by Gasteiger charge is -2.40. The Morgan fingerprint density at radius 2 is 1.39 bits per heavy atom. The van der Waals surface area contributed by atoms with Gasteiger partial charge in [0.15, 0.2) is 11.6 Å². The molecule has 0 radical (unpaired) electrons. The van der Waals surface area contributed by atoms with E-state index in [0.29, 0.717) is 17.2 Å². The SMILES string of the molecule is COc1ccc(C(C)=O)cc1CN1CCN(Cc2cc(C(C)=O)ccc2OC)[C@@H](C)C1. The number of carbonyl (C=O) groups excluding carboxylic acids is 2. The second-order valence-corrected chi connectivity index (χ2v) is 8.22. The van der Waals surface area contributed by atoms with Crippen LogP contribution in [0.15, 0.2) is 36.4 Å². The number of benzene rings is 2. The van der Waals surface area contributed by atoms with E-state index in [0.717, 1.165) is 55.3 Å². The summed E-state index contributed by atoms with van der Waals surface area (Å²) in [6, 6.07) is 11.6. The van der Waals surface area contributed by atoms with Crippen molar-refractivity contribution < 1.29 is 19.1 Å². The highest BCUT2D eigenvalue weighted by Gasteiger charge is 2.25. The Labute approximate surface area is 184 Å². The fourth-order valence-electron chi connectivity index (χ4n) is 4.15. The third-order valence-electron chi connectivity index (χ3n) is 5.99. The van der Waals surface area contributed by atoms with Gasteiger partial charge in [0.2, 0.25) is 0 Å². The monoisotopic (exact) mass is 424 g/mol. The first-order valence-electron chi connectivity index (χ1n) is 10.6. The molecule has 31 heavy (non-hydrogen) atoms. The van der Waals surface area contributed by atoms with Crippen LogP contribution in [0.25, 0.3) is 0 Å². The van der Waals surface area contributed by atoms with Crippen LogP contribution >= 0.6 is 0 Å². The third kappa shape index (κ3) is 5.51. The molecule has 1 heterocycles. The Hall–Kier alpha value is -2.70. The summed E-state index contributed by atoms with van der Waals surface area (Å²) in [5, 5.41) is 0. The number of Topliss-reactive ketones (excluding diaryl/α,β-unsaturated/α-hetero) is 2. The van der Waals surface area contributed by atoms with E-state index in [2.05, 4.69) is 16.7 Å². The van der Waals surface area contributed by atoms with E-state index in [-0.39, 0.29) is 11.6 Å². The zero-order valence-corrected chi connectivity index (χ0v) is 19.1. The molecular weight excluding hydrogens is 392 g/mol. The molecule has 0 saturated carbocycles. The summed E-state index contributed by atoms with van der Waals surface area (Å²) in [7, 11) is 3.32. The maximum absolute atomic E-state index is 11.8. The number of methoxy groups -OCH3 is 2. The molecule has 6 nitrogen and oxygen atoms in total. The average molecular weight is 425 g/mol. The average Bonchev–Trinajstić information content (AvgIpc) is 2.75. The zero-order valence-electron chi connectivity index (χ0n) is 19.1. The van der Waals surface area contributed by atoms with Gasteiger partial charge in [0, 0.05) is 61.0 Å². The first kappa shape index (κ1) is 23.0. The summed E-state index contributed by atoms with van der Waals surface area (Å²) >= 11 is 0. The summed E-state index contributed by atoms with van der Waals surface area (Å²) in [5.74, 6) is 1.74. The van der Waals surface area contributed by atoms with Crippen molar-refractivity contribution in [2.75, 3.05) is 33.9 Å². The molecule has 166 valence electrons. The fraction of sp³-hybridized carbons (Fsp3) is 0.440. The standard InChI is InChI=1S/C25H32N2O4/c1-17-14-26(15-22-12-20(18(2)28)6-8-24(22)30-4)10-11-27(17)16-23-13-21(19(3)29)7-9-25(23)31-5/h6-9,12-13,17H,10-11,14-16H2,1-5H3/t17-/m0/s1. The Bertz CT molecular complexity index is 957. The number of ether oxygens (including phenoxy) is 2. The molecule has 0 N–H and O–H groups in total. The first-order chi connectivity index (χ1) is 14.8. The van der Waals surface area contributed by atoms with Gasteiger partial charge in [-0.1, -0.05) is 0 Å². The van der Waals surface area contributed by atoms with Gasteiger partial charge in [0.25, 0.3) is 0 Å². The molecule has 6 heteroatoms. The van der Waals surface area contributed by atoms with E-state index in [1.165, 1.54) is 0 Å². The van der Waals surface area contributed by atoms with Crippen molar-refractivity contribution in [1.82, 2.24) is 9.80 Å². The first-order valence-corrected chi connectivity index (χ1v) is 10.6. The summed E-state index contributed by atoms with van der Waals surface area (Å²) < 4.78 is 11.0. The second-order valence-electron chi connectivity index (χ2n) is 8.22. The van der Waals surface area contributed by atoms with E-state index >= 15 is 0 Å². The zero-order chi connectivity index (χ0) is 22.5. The Morgan fingerprint density at radius 1 is 0.871 bits per heavy atom. The molecular formula is C25H32N2O4. The fourth-order valence-corrected chi connectivity index (χ4v) is 4.15. The minimum atomic E-state index is 0.0588. The maximum atomic E-state index is 11.8. The van der Waals surface area contributed by atoms with Crippen LogP contribution in [0.5, 0.6) is 11.5 Å². The summed E-state index contributed by atoms with van der Waals surface area (Å²) in [6.45, 7) is 9.59. The van der Waals surface area contributed by atoms with Gasteiger partial charge in [-0.05, 0) is 57.2 Å². The number of rotatable bonds is 8. The lowest BCUT2D eigenvalue weighted by molar-refractivity contribution is 0.0722. The Kier molecular flexibility index (Phi) is 7.46. The van der Waals surface area contributed by atoms with E-state index < -0.39 is 0 Å². The molecule has 1 fully saturated rings. The third-order valence-corrected chi connectivity index (χ3v) is 5.99. The van der Waals surface area contributed by atoms with Crippen molar-refractivity contribution >= 4 is 11.6 Å². The van der Waals surface area contributed by atoms with Crippen molar-refractivity contribution in [3.8, 4) is 11.5 Å². The molecule has 2 aromatic rings. The minimum Gasteiger partial charge on any atom is -0.496 e.